The van der Waals surface area contributed by atoms with Crippen LogP contribution in [0.4, 0.5) is 0 Å². The molecule has 0 aromatic heterocycles. The van der Waals surface area contributed by atoms with Gasteiger partial charge in [-0.05, 0) is 33.1 Å². The molecule has 1 rings (SSSR count). The van der Waals surface area contributed by atoms with Crippen LogP contribution in [0.2, 0.25) is 0 Å². The smallest absolute Gasteiger partial charge is 0.213 e. The number of aliphatic imine (C=N–C) groups is 1. The molecule has 0 amide bonds. The van der Waals surface area contributed by atoms with E-state index < -0.39 is 0 Å². The maximum atomic E-state index is 5.57. The van der Waals surface area contributed by atoms with Gasteiger partial charge >= 0.3 is 0 Å². The van der Waals surface area contributed by atoms with E-state index >= 15 is 0 Å². The van der Waals surface area contributed by atoms with Crippen molar-refractivity contribution in [1.82, 2.24) is 0 Å². The van der Waals surface area contributed by atoms with E-state index in [2.05, 4.69) is 32.7 Å². The number of hydrogen-bond donors (Lipinski definition) is 1. The molecule has 0 aromatic rings. The second-order valence-corrected chi connectivity index (χ2v) is 4.90. The van der Waals surface area contributed by atoms with E-state index in [9.17, 15) is 0 Å². The first-order chi connectivity index (χ1) is 6.42. The summed E-state index contributed by atoms with van der Waals surface area (Å²) < 4.78 is 5.57. The molecule has 80 valence electrons. The van der Waals surface area contributed by atoms with Crippen LogP contribution in [0, 0.1) is 5.92 Å². The van der Waals surface area contributed by atoms with Crippen LogP contribution in [-0.4, -0.2) is 18.0 Å². The Morgan fingerprint density at radius 2 is 2.14 bits per heavy atom. The minimum absolute atomic E-state index is 0.107. The summed E-state index contributed by atoms with van der Waals surface area (Å²) in [5, 5.41) is 0. The van der Waals surface area contributed by atoms with Crippen LogP contribution in [0.15, 0.2) is 16.8 Å². The monoisotopic (exact) mass is 196 g/mol. The summed E-state index contributed by atoms with van der Waals surface area (Å²) in [4.78, 5) is 4.50. The fraction of sp³-hybridized carbons (Fsp3) is 0.727. The summed E-state index contributed by atoms with van der Waals surface area (Å²) in [6.07, 6.45) is 2.58. The molecule has 0 aromatic carbocycles. The lowest BCUT2D eigenvalue weighted by molar-refractivity contribution is 0.223. The third-order valence-corrected chi connectivity index (χ3v) is 1.99. The molecule has 0 aliphatic carbocycles. The van der Waals surface area contributed by atoms with Gasteiger partial charge in [0.25, 0.3) is 0 Å². The van der Waals surface area contributed by atoms with Gasteiger partial charge in [0, 0.05) is 11.8 Å². The zero-order valence-corrected chi connectivity index (χ0v) is 9.50. The molecular weight excluding hydrogens is 176 g/mol. The Morgan fingerprint density at radius 3 is 2.64 bits per heavy atom. The molecule has 1 unspecified atom stereocenters. The average Bonchev–Trinajstić information content (AvgIpc) is 2.06. The predicted molar refractivity (Wildman–Crippen MR) is 59.2 cm³/mol. The second-order valence-electron chi connectivity index (χ2n) is 4.90. The maximum absolute atomic E-state index is 5.57. The molecule has 14 heavy (non-hydrogen) atoms. The van der Waals surface area contributed by atoms with E-state index in [1.54, 1.807) is 6.20 Å². The number of ether oxygens (including phenoxy) is 1. The van der Waals surface area contributed by atoms with Crippen LogP contribution < -0.4 is 5.73 Å². The van der Waals surface area contributed by atoms with Gasteiger partial charge in [-0.15, -0.1) is 0 Å². The van der Waals surface area contributed by atoms with E-state index in [-0.39, 0.29) is 5.54 Å². The fourth-order valence-electron chi connectivity index (χ4n) is 1.38. The molecule has 0 bridgehead atoms. The Kier molecular flexibility index (Phi) is 3.19. The number of hydrogen-bond acceptors (Lipinski definition) is 3. The highest BCUT2D eigenvalue weighted by molar-refractivity contribution is 5.94. The van der Waals surface area contributed by atoms with Crippen molar-refractivity contribution in [2.24, 2.45) is 16.6 Å². The molecule has 3 nitrogen and oxygen atoms in total. The first kappa shape index (κ1) is 11.1. The van der Waals surface area contributed by atoms with Crippen molar-refractivity contribution in [2.75, 3.05) is 6.61 Å². The summed E-state index contributed by atoms with van der Waals surface area (Å²) in [7, 11) is 0. The van der Waals surface area contributed by atoms with E-state index in [0.717, 1.165) is 24.5 Å². The number of nitrogens with zero attached hydrogens (tertiary/aromatic N) is 1. The Bertz CT molecular complexity index is 261. The van der Waals surface area contributed by atoms with Gasteiger partial charge in [0.2, 0.25) is 5.90 Å². The molecule has 1 fully saturated rings. The van der Waals surface area contributed by atoms with E-state index in [4.69, 9.17) is 10.5 Å². The Hall–Kier alpha value is -0.990. The SMILES string of the molecule is CC1COC(=NC(C)(C)C)/C(=C\N)C1. The first-order valence-electron chi connectivity index (χ1n) is 5.06. The van der Waals surface area contributed by atoms with Crippen LogP contribution in [-0.2, 0) is 4.74 Å². The number of nitrogens with two attached hydrogens (primary N) is 1. The lowest BCUT2D eigenvalue weighted by Gasteiger charge is -2.25. The number of rotatable bonds is 0. The van der Waals surface area contributed by atoms with Crippen molar-refractivity contribution in [3.05, 3.63) is 11.8 Å². The van der Waals surface area contributed by atoms with Gasteiger partial charge in [0.1, 0.15) is 0 Å². The van der Waals surface area contributed by atoms with Crippen LogP contribution >= 0.6 is 0 Å². The largest absolute Gasteiger partial charge is 0.477 e. The summed E-state index contributed by atoms with van der Waals surface area (Å²) in [5.74, 6) is 1.25. The molecule has 0 radical (unpaired) electrons. The van der Waals surface area contributed by atoms with Crippen LogP contribution in [0.25, 0.3) is 0 Å². The topological polar surface area (TPSA) is 47.6 Å². The Balaban J connectivity index is 2.84. The summed E-state index contributed by atoms with van der Waals surface area (Å²) in [6, 6.07) is 0. The van der Waals surface area contributed by atoms with E-state index in [0.29, 0.717) is 5.92 Å². The zero-order chi connectivity index (χ0) is 10.8. The van der Waals surface area contributed by atoms with Gasteiger partial charge in [-0.2, -0.15) is 0 Å². The fourth-order valence-corrected chi connectivity index (χ4v) is 1.38. The van der Waals surface area contributed by atoms with Crippen LogP contribution in [0.5, 0.6) is 0 Å². The van der Waals surface area contributed by atoms with Crippen molar-refractivity contribution in [2.45, 2.75) is 39.7 Å². The van der Waals surface area contributed by atoms with Crippen molar-refractivity contribution in [1.29, 1.82) is 0 Å². The lowest BCUT2D eigenvalue weighted by Crippen LogP contribution is -2.26. The van der Waals surface area contributed by atoms with Gasteiger partial charge in [-0.1, -0.05) is 6.92 Å². The second kappa shape index (κ2) is 4.03. The highest BCUT2D eigenvalue weighted by Crippen LogP contribution is 2.22. The van der Waals surface area contributed by atoms with Crippen molar-refractivity contribution < 1.29 is 4.74 Å². The molecule has 1 saturated heterocycles. The van der Waals surface area contributed by atoms with Gasteiger partial charge in [-0.25, -0.2) is 4.99 Å². The Morgan fingerprint density at radius 1 is 1.50 bits per heavy atom. The van der Waals surface area contributed by atoms with Crippen LogP contribution in [0.1, 0.15) is 34.1 Å². The molecule has 1 heterocycles. The van der Waals surface area contributed by atoms with Crippen molar-refractivity contribution in [3.63, 3.8) is 0 Å². The molecule has 2 N–H and O–H groups in total. The minimum atomic E-state index is -0.107. The minimum Gasteiger partial charge on any atom is -0.477 e. The Labute approximate surface area is 86.0 Å². The van der Waals surface area contributed by atoms with E-state index in [1.807, 2.05) is 0 Å². The quantitative estimate of drug-likeness (QED) is 0.645. The third kappa shape index (κ3) is 3.05. The van der Waals surface area contributed by atoms with Gasteiger partial charge in [0.05, 0.1) is 12.1 Å². The molecule has 1 aliphatic heterocycles. The summed E-state index contributed by atoms with van der Waals surface area (Å²) >= 11 is 0. The van der Waals surface area contributed by atoms with Crippen molar-refractivity contribution >= 4 is 5.90 Å². The third-order valence-electron chi connectivity index (χ3n) is 1.99. The van der Waals surface area contributed by atoms with Gasteiger partial charge in [-0.3, -0.25) is 0 Å². The summed E-state index contributed by atoms with van der Waals surface area (Å²) in [6.45, 7) is 9.05. The molecular formula is C11H20N2O. The first-order valence-corrected chi connectivity index (χ1v) is 5.06. The predicted octanol–water partition coefficient (Wildman–Crippen LogP) is 2.08. The van der Waals surface area contributed by atoms with Crippen molar-refractivity contribution in [3.8, 4) is 0 Å². The molecule has 3 heteroatoms. The lowest BCUT2D eigenvalue weighted by atomic mass is 9.99. The van der Waals surface area contributed by atoms with Gasteiger partial charge < -0.3 is 10.5 Å². The van der Waals surface area contributed by atoms with E-state index in [1.165, 1.54) is 0 Å². The highest BCUT2D eigenvalue weighted by atomic mass is 16.5. The summed E-state index contributed by atoms with van der Waals surface area (Å²) in [5.41, 5.74) is 6.47. The van der Waals surface area contributed by atoms with Crippen LogP contribution in [0.3, 0.4) is 0 Å². The molecule has 1 atom stereocenters. The normalized spacial score (nSPS) is 29.3. The maximum Gasteiger partial charge on any atom is 0.213 e. The molecule has 0 spiro atoms. The zero-order valence-electron chi connectivity index (χ0n) is 9.50. The van der Waals surface area contributed by atoms with Gasteiger partial charge in [0.15, 0.2) is 0 Å². The standard InChI is InChI=1S/C11H20N2O/c1-8-5-9(6-12)10(14-7-8)13-11(2,3)4/h6,8H,5,7,12H2,1-4H3/b9-6-,13-10?. The average molecular weight is 196 g/mol. The molecule has 0 saturated carbocycles. The molecule has 1 aliphatic rings. The highest BCUT2D eigenvalue weighted by Gasteiger charge is 2.22.